The van der Waals surface area contributed by atoms with E-state index in [0.717, 1.165) is 22.9 Å². The molecule has 19 heavy (non-hydrogen) atoms. The number of benzene rings is 1. The number of nitrogens with one attached hydrogen (secondary N) is 1. The summed E-state index contributed by atoms with van der Waals surface area (Å²) in [5.74, 6) is -0.329. The molecular weight excluding hydrogens is 304 g/mol. The van der Waals surface area contributed by atoms with Crippen LogP contribution in [0.1, 0.15) is 44.6 Å². The fourth-order valence-corrected chi connectivity index (χ4v) is 3.48. The second-order valence-corrected chi connectivity index (χ2v) is 6.30. The van der Waals surface area contributed by atoms with E-state index in [-0.39, 0.29) is 5.91 Å². The largest absolute Gasteiger partial charge is 0.368 e. The molecule has 1 aliphatic carbocycles. The van der Waals surface area contributed by atoms with E-state index in [4.69, 9.17) is 5.73 Å². The van der Waals surface area contributed by atoms with E-state index < -0.39 is 5.54 Å². The van der Waals surface area contributed by atoms with Crippen LogP contribution in [0.4, 0.5) is 0 Å². The van der Waals surface area contributed by atoms with E-state index in [9.17, 15) is 4.79 Å². The highest BCUT2D eigenvalue weighted by molar-refractivity contribution is 9.10. The molecule has 1 unspecified atom stereocenters. The third kappa shape index (κ3) is 3.18. The van der Waals surface area contributed by atoms with Gasteiger partial charge in [-0.15, -0.1) is 0 Å². The zero-order valence-corrected chi connectivity index (χ0v) is 12.9. The summed E-state index contributed by atoms with van der Waals surface area (Å²) in [5, 5.41) is 3.48. The Morgan fingerprint density at radius 2 is 1.95 bits per heavy atom. The van der Waals surface area contributed by atoms with Crippen LogP contribution >= 0.6 is 15.9 Å². The monoisotopic (exact) mass is 324 g/mol. The van der Waals surface area contributed by atoms with Gasteiger partial charge in [-0.05, 0) is 31.4 Å². The van der Waals surface area contributed by atoms with Crippen molar-refractivity contribution < 1.29 is 4.79 Å². The Labute approximate surface area is 123 Å². The number of hydrogen-bond acceptors (Lipinski definition) is 2. The molecule has 2 rings (SSSR count). The number of carbonyl (C=O) groups is 1. The van der Waals surface area contributed by atoms with Crippen LogP contribution in [0, 0.1) is 0 Å². The van der Waals surface area contributed by atoms with E-state index in [1.165, 1.54) is 19.3 Å². The minimum atomic E-state index is -0.817. The standard InChI is InChI=1S/C15H21BrN2O/c1-15(14(17)19,12-9-5-6-10-13(12)16)18-11-7-3-2-4-8-11/h5-6,9-11,18H,2-4,7-8H2,1H3,(H2,17,19). The maximum atomic E-state index is 12.0. The highest BCUT2D eigenvalue weighted by Gasteiger charge is 2.36. The highest BCUT2D eigenvalue weighted by Crippen LogP contribution is 2.30. The first-order chi connectivity index (χ1) is 9.04. The zero-order chi connectivity index (χ0) is 13.9. The summed E-state index contributed by atoms with van der Waals surface area (Å²) in [6, 6.07) is 8.14. The number of amides is 1. The van der Waals surface area contributed by atoms with Crippen molar-refractivity contribution in [3.05, 3.63) is 34.3 Å². The predicted molar refractivity (Wildman–Crippen MR) is 80.7 cm³/mol. The van der Waals surface area contributed by atoms with Crippen LogP contribution in [0.15, 0.2) is 28.7 Å². The van der Waals surface area contributed by atoms with Gasteiger partial charge in [0.15, 0.2) is 0 Å². The Morgan fingerprint density at radius 1 is 1.32 bits per heavy atom. The highest BCUT2D eigenvalue weighted by atomic mass is 79.9. The fourth-order valence-electron chi connectivity index (χ4n) is 2.80. The molecule has 4 heteroatoms. The number of halogens is 1. The van der Waals surface area contributed by atoms with Crippen LogP contribution < -0.4 is 11.1 Å². The summed E-state index contributed by atoms with van der Waals surface area (Å²) in [5.41, 5.74) is 5.76. The van der Waals surface area contributed by atoms with Crippen LogP contribution in [0.25, 0.3) is 0 Å². The number of carbonyl (C=O) groups excluding carboxylic acids is 1. The molecule has 104 valence electrons. The van der Waals surface area contributed by atoms with Crippen molar-refractivity contribution in [3.63, 3.8) is 0 Å². The van der Waals surface area contributed by atoms with Gasteiger partial charge in [0.25, 0.3) is 0 Å². The number of primary amides is 1. The Hall–Kier alpha value is -0.870. The SMILES string of the molecule is CC(NC1CCCCC1)(C(N)=O)c1ccccc1Br. The topological polar surface area (TPSA) is 55.1 Å². The molecule has 0 radical (unpaired) electrons. The van der Waals surface area contributed by atoms with Gasteiger partial charge in [0.1, 0.15) is 5.54 Å². The summed E-state index contributed by atoms with van der Waals surface area (Å²) >= 11 is 3.52. The minimum Gasteiger partial charge on any atom is -0.368 e. The van der Waals surface area contributed by atoms with Crippen LogP contribution in [-0.2, 0) is 10.3 Å². The molecule has 0 spiro atoms. The number of hydrogen-bond donors (Lipinski definition) is 2. The first-order valence-corrected chi connectivity index (χ1v) is 7.66. The van der Waals surface area contributed by atoms with Crippen molar-refractivity contribution in [1.29, 1.82) is 0 Å². The molecule has 1 aliphatic rings. The molecule has 3 nitrogen and oxygen atoms in total. The second kappa shape index (κ2) is 6.06. The van der Waals surface area contributed by atoms with Gasteiger partial charge in [-0.1, -0.05) is 53.4 Å². The van der Waals surface area contributed by atoms with Gasteiger partial charge >= 0.3 is 0 Å². The summed E-state index contributed by atoms with van der Waals surface area (Å²) in [4.78, 5) is 12.0. The smallest absolute Gasteiger partial charge is 0.242 e. The Morgan fingerprint density at radius 3 is 2.53 bits per heavy atom. The summed E-state index contributed by atoms with van der Waals surface area (Å²) in [6.07, 6.45) is 5.98. The summed E-state index contributed by atoms with van der Waals surface area (Å²) < 4.78 is 0.916. The van der Waals surface area contributed by atoms with Gasteiger partial charge in [0, 0.05) is 10.5 Å². The van der Waals surface area contributed by atoms with E-state index in [0.29, 0.717) is 6.04 Å². The lowest BCUT2D eigenvalue weighted by molar-refractivity contribution is -0.124. The Kier molecular flexibility index (Phi) is 4.63. The predicted octanol–water partition coefficient (Wildman–Crippen LogP) is 3.07. The van der Waals surface area contributed by atoms with Gasteiger partial charge in [-0.3, -0.25) is 10.1 Å². The number of nitrogens with two attached hydrogens (primary N) is 1. The van der Waals surface area contributed by atoms with Crippen molar-refractivity contribution in [2.45, 2.75) is 50.6 Å². The maximum absolute atomic E-state index is 12.0. The molecule has 1 saturated carbocycles. The maximum Gasteiger partial charge on any atom is 0.242 e. The van der Waals surface area contributed by atoms with E-state index in [2.05, 4.69) is 21.2 Å². The lowest BCUT2D eigenvalue weighted by Crippen LogP contribution is -2.54. The normalized spacial score (nSPS) is 19.9. The average Bonchev–Trinajstić information content (AvgIpc) is 2.40. The summed E-state index contributed by atoms with van der Waals surface area (Å²) in [7, 11) is 0. The Bertz CT molecular complexity index is 457. The van der Waals surface area contributed by atoms with Crippen molar-refractivity contribution in [3.8, 4) is 0 Å². The van der Waals surface area contributed by atoms with Crippen molar-refractivity contribution >= 4 is 21.8 Å². The molecule has 1 atom stereocenters. The van der Waals surface area contributed by atoms with Crippen molar-refractivity contribution in [1.82, 2.24) is 5.32 Å². The minimum absolute atomic E-state index is 0.329. The van der Waals surface area contributed by atoms with E-state index in [1.807, 2.05) is 31.2 Å². The van der Waals surface area contributed by atoms with Crippen molar-refractivity contribution in [2.24, 2.45) is 5.73 Å². The van der Waals surface area contributed by atoms with Gasteiger partial charge < -0.3 is 5.73 Å². The molecular formula is C15H21BrN2O. The molecule has 0 aromatic heterocycles. The van der Waals surface area contributed by atoms with E-state index >= 15 is 0 Å². The third-order valence-electron chi connectivity index (χ3n) is 4.00. The van der Waals surface area contributed by atoms with Crippen LogP contribution in [-0.4, -0.2) is 11.9 Å². The molecule has 1 fully saturated rings. The molecule has 0 bridgehead atoms. The van der Waals surface area contributed by atoms with E-state index in [1.54, 1.807) is 0 Å². The van der Waals surface area contributed by atoms with Crippen LogP contribution in [0.5, 0.6) is 0 Å². The lowest BCUT2D eigenvalue weighted by atomic mass is 9.87. The van der Waals surface area contributed by atoms with Gasteiger partial charge in [-0.25, -0.2) is 0 Å². The first kappa shape index (κ1) is 14.5. The fraction of sp³-hybridized carbons (Fsp3) is 0.533. The van der Waals surface area contributed by atoms with Gasteiger partial charge in [0.2, 0.25) is 5.91 Å². The molecule has 0 saturated heterocycles. The lowest BCUT2D eigenvalue weighted by Gasteiger charge is -2.35. The molecule has 1 aromatic carbocycles. The van der Waals surface area contributed by atoms with Gasteiger partial charge in [0.05, 0.1) is 0 Å². The molecule has 3 N–H and O–H groups in total. The van der Waals surface area contributed by atoms with Crippen LogP contribution in [0.3, 0.4) is 0 Å². The van der Waals surface area contributed by atoms with Crippen molar-refractivity contribution in [2.75, 3.05) is 0 Å². The molecule has 0 heterocycles. The second-order valence-electron chi connectivity index (χ2n) is 5.45. The number of rotatable bonds is 4. The Balaban J connectivity index is 2.27. The average molecular weight is 325 g/mol. The van der Waals surface area contributed by atoms with Gasteiger partial charge in [-0.2, -0.15) is 0 Å². The first-order valence-electron chi connectivity index (χ1n) is 6.86. The molecule has 0 aliphatic heterocycles. The molecule has 1 aromatic rings. The van der Waals surface area contributed by atoms with Crippen LogP contribution in [0.2, 0.25) is 0 Å². The quantitative estimate of drug-likeness (QED) is 0.894. The third-order valence-corrected chi connectivity index (χ3v) is 4.69. The summed E-state index contributed by atoms with van der Waals surface area (Å²) in [6.45, 7) is 1.88. The molecule has 1 amide bonds. The zero-order valence-electron chi connectivity index (χ0n) is 11.3.